The van der Waals surface area contributed by atoms with Gasteiger partial charge in [0.2, 0.25) is 5.91 Å². The normalized spacial score (nSPS) is 16.0. The van der Waals surface area contributed by atoms with Crippen molar-refractivity contribution in [2.75, 3.05) is 26.2 Å². The Labute approximate surface area is 164 Å². The summed E-state index contributed by atoms with van der Waals surface area (Å²) in [5, 5.41) is 3.14. The fourth-order valence-corrected chi connectivity index (χ4v) is 3.44. The summed E-state index contributed by atoms with van der Waals surface area (Å²) >= 11 is 6.05. The molecule has 142 valence electrons. The van der Waals surface area contributed by atoms with Gasteiger partial charge in [-0.2, -0.15) is 0 Å². The number of carbonyl (C=O) groups is 2. The summed E-state index contributed by atoms with van der Waals surface area (Å²) in [7, 11) is 0. The molecule has 1 fully saturated rings. The molecule has 1 aliphatic rings. The van der Waals surface area contributed by atoms with Crippen molar-refractivity contribution in [1.82, 2.24) is 15.1 Å². The molecule has 6 heteroatoms. The minimum Gasteiger partial charge on any atom is -0.340 e. The summed E-state index contributed by atoms with van der Waals surface area (Å²) in [6.07, 6.45) is 0. The molecule has 1 saturated heterocycles. The van der Waals surface area contributed by atoms with Crippen LogP contribution in [0.2, 0.25) is 5.02 Å². The van der Waals surface area contributed by atoms with E-state index < -0.39 is 6.04 Å². The molecule has 1 N–H and O–H groups in total. The first-order valence-corrected chi connectivity index (χ1v) is 9.53. The van der Waals surface area contributed by atoms with Gasteiger partial charge in [-0.15, -0.1) is 0 Å². The number of nitrogens with one attached hydrogen (secondary N) is 1. The largest absolute Gasteiger partial charge is 0.340 e. The second-order valence-corrected chi connectivity index (χ2v) is 7.17. The van der Waals surface area contributed by atoms with Crippen LogP contribution in [0.5, 0.6) is 0 Å². The van der Waals surface area contributed by atoms with E-state index in [0.717, 1.165) is 19.6 Å². The Hall–Kier alpha value is -2.37. The van der Waals surface area contributed by atoms with E-state index in [2.05, 4.69) is 22.3 Å². The van der Waals surface area contributed by atoms with Crippen molar-refractivity contribution in [2.24, 2.45) is 0 Å². The number of halogens is 1. The molecule has 2 amide bonds. The number of hydrogen-bond acceptors (Lipinski definition) is 3. The lowest BCUT2D eigenvalue weighted by Gasteiger charge is -2.36. The van der Waals surface area contributed by atoms with Crippen LogP contribution < -0.4 is 5.32 Å². The Bertz CT molecular complexity index is 789. The van der Waals surface area contributed by atoms with Gasteiger partial charge in [0, 0.05) is 32.7 Å². The molecule has 0 spiro atoms. The Morgan fingerprint density at radius 3 is 2.30 bits per heavy atom. The zero-order chi connectivity index (χ0) is 19.2. The van der Waals surface area contributed by atoms with Crippen molar-refractivity contribution in [3.05, 3.63) is 70.7 Å². The molecular formula is C21H24ClN3O2. The predicted octanol–water partition coefficient (Wildman–Crippen LogP) is 2.80. The highest BCUT2D eigenvalue weighted by atomic mass is 35.5. The van der Waals surface area contributed by atoms with Gasteiger partial charge in [-0.05, 0) is 24.6 Å². The number of rotatable bonds is 5. The Kier molecular flexibility index (Phi) is 6.48. The first-order chi connectivity index (χ1) is 13.0. The second kappa shape index (κ2) is 9.02. The van der Waals surface area contributed by atoms with Crippen LogP contribution in [0.15, 0.2) is 54.6 Å². The van der Waals surface area contributed by atoms with Gasteiger partial charge in [0.15, 0.2) is 0 Å². The fourth-order valence-electron chi connectivity index (χ4n) is 3.22. The van der Waals surface area contributed by atoms with Crippen molar-refractivity contribution in [1.29, 1.82) is 0 Å². The summed E-state index contributed by atoms with van der Waals surface area (Å²) in [5.74, 6) is -0.390. The molecule has 2 aromatic carbocycles. The summed E-state index contributed by atoms with van der Waals surface area (Å²) in [4.78, 5) is 29.2. The molecule has 0 aliphatic carbocycles. The minimum absolute atomic E-state index is 0.0604. The summed E-state index contributed by atoms with van der Waals surface area (Å²) in [5.41, 5.74) is 1.66. The van der Waals surface area contributed by atoms with Crippen LogP contribution >= 0.6 is 11.6 Å². The van der Waals surface area contributed by atoms with E-state index in [1.54, 1.807) is 31.2 Å². The zero-order valence-corrected chi connectivity index (χ0v) is 16.2. The maximum Gasteiger partial charge on any atom is 0.253 e. The van der Waals surface area contributed by atoms with Crippen LogP contribution in [-0.4, -0.2) is 53.8 Å². The molecule has 3 rings (SSSR count). The topological polar surface area (TPSA) is 52.7 Å². The molecule has 0 bridgehead atoms. The highest BCUT2D eigenvalue weighted by molar-refractivity contribution is 6.33. The van der Waals surface area contributed by atoms with Crippen molar-refractivity contribution in [2.45, 2.75) is 19.5 Å². The Morgan fingerprint density at radius 1 is 1.00 bits per heavy atom. The van der Waals surface area contributed by atoms with Crippen LogP contribution in [0.25, 0.3) is 0 Å². The fraction of sp³-hybridized carbons (Fsp3) is 0.333. The lowest BCUT2D eigenvalue weighted by atomic mass is 10.1. The highest BCUT2D eigenvalue weighted by Gasteiger charge is 2.26. The monoisotopic (exact) mass is 385 g/mol. The van der Waals surface area contributed by atoms with E-state index in [1.165, 1.54) is 5.56 Å². The predicted molar refractivity (Wildman–Crippen MR) is 107 cm³/mol. The molecule has 2 aromatic rings. The van der Waals surface area contributed by atoms with Gasteiger partial charge in [0.05, 0.1) is 10.6 Å². The Morgan fingerprint density at radius 2 is 1.63 bits per heavy atom. The van der Waals surface area contributed by atoms with Crippen LogP contribution in [0.3, 0.4) is 0 Å². The van der Waals surface area contributed by atoms with Crippen LogP contribution in [0, 0.1) is 0 Å². The van der Waals surface area contributed by atoms with Gasteiger partial charge >= 0.3 is 0 Å². The van der Waals surface area contributed by atoms with Gasteiger partial charge < -0.3 is 10.2 Å². The van der Waals surface area contributed by atoms with Gasteiger partial charge in [0.25, 0.3) is 5.91 Å². The van der Waals surface area contributed by atoms with Crippen molar-refractivity contribution in [3.63, 3.8) is 0 Å². The summed E-state index contributed by atoms with van der Waals surface area (Å²) < 4.78 is 0. The van der Waals surface area contributed by atoms with Crippen molar-refractivity contribution in [3.8, 4) is 0 Å². The molecule has 0 radical (unpaired) electrons. The van der Waals surface area contributed by atoms with E-state index in [4.69, 9.17) is 11.6 Å². The van der Waals surface area contributed by atoms with Crippen LogP contribution in [-0.2, 0) is 11.3 Å². The first-order valence-electron chi connectivity index (χ1n) is 9.15. The van der Waals surface area contributed by atoms with Crippen molar-refractivity contribution < 1.29 is 9.59 Å². The quantitative estimate of drug-likeness (QED) is 0.861. The maximum absolute atomic E-state index is 12.7. The van der Waals surface area contributed by atoms with Gasteiger partial charge in [0.1, 0.15) is 6.04 Å². The highest BCUT2D eigenvalue weighted by Crippen LogP contribution is 2.15. The third kappa shape index (κ3) is 5.08. The number of benzene rings is 2. The molecule has 1 aliphatic heterocycles. The summed E-state index contributed by atoms with van der Waals surface area (Å²) in [6, 6.07) is 16.6. The number of hydrogen-bond donors (Lipinski definition) is 1. The van der Waals surface area contributed by atoms with Crippen LogP contribution in [0.1, 0.15) is 22.8 Å². The number of nitrogens with zero attached hydrogens (tertiary/aromatic N) is 2. The van der Waals surface area contributed by atoms with E-state index >= 15 is 0 Å². The van der Waals surface area contributed by atoms with E-state index in [1.807, 2.05) is 23.1 Å². The smallest absolute Gasteiger partial charge is 0.253 e. The van der Waals surface area contributed by atoms with E-state index in [-0.39, 0.29) is 11.8 Å². The lowest BCUT2D eigenvalue weighted by molar-refractivity contribution is -0.134. The zero-order valence-electron chi connectivity index (χ0n) is 15.4. The molecule has 0 saturated carbocycles. The number of amides is 2. The number of carbonyl (C=O) groups excluding carboxylic acids is 2. The Balaban J connectivity index is 1.50. The number of piperazine rings is 1. The first kappa shape index (κ1) is 19.4. The molecule has 5 nitrogen and oxygen atoms in total. The van der Waals surface area contributed by atoms with Gasteiger partial charge in [-0.1, -0.05) is 54.1 Å². The SMILES string of the molecule is C[C@@H](NC(=O)c1ccccc1Cl)C(=O)N1CCN(Cc2ccccc2)CC1. The molecule has 1 atom stereocenters. The van der Waals surface area contributed by atoms with Crippen molar-refractivity contribution >= 4 is 23.4 Å². The average molecular weight is 386 g/mol. The third-order valence-electron chi connectivity index (χ3n) is 4.77. The minimum atomic E-state index is -0.588. The van der Waals surface area contributed by atoms with Crippen LogP contribution in [0.4, 0.5) is 0 Å². The second-order valence-electron chi connectivity index (χ2n) is 6.76. The van der Waals surface area contributed by atoms with E-state index in [0.29, 0.717) is 23.7 Å². The van der Waals surface area contributed by atoms with Gasteiger partial charge in [-0.3, -0.25) is 14.5 Å². The van der Waals surface area contributed by atoms with Gasteiger partial charge in [-0.25, -0.2) is 0 Å². The van der Waals surface area contributed by atoms with E-state index in [9.17, 15) is 9.59 Å². The standard InChI is InChI=1S/C21H24ClN3O2/c1-16(23-20(26)18-9-5-6-10-19(18)22)21(27)25-13-11-24(12-14-25)15-17-7-3-2-4-8-17/h2-10,16H,11-15H2,1H3,(H,23,26)/t16-/m1/s1. The summed E-state index contributed by atoms with van der Waals surface area (Å²) in [6.45, 7) is 5.59. The molecule has 0 aromatic heterocycles. The lowest BCUT2D eigenvalue weighted by Crippen LogP contribution is -2.53. The average Bonchev–Trinajstić information content (AvgIpc) is 2.69. The molecule has 1 heterocycles. The maximum atomic E-state index is 12.7. The third-order valence-corrected chi connectivity index (χ3v) is 5.10. The molecule has 0 unspecified atom stereocenters. The molecule has 27 heavy (non-hydrogen) atoms. The molecular weight excluding hydrogens is 362 g/mol.